The average molecular weight is 526 g/mol. The average Bonchev–Trinajstić information content (AvgIpc) is 2.91. The first-order valence-corrected chi connectivity index (χ1v) is 16.7. The number of hydrogen-bond donors (Lipinski definition) is 1. The number of nitrogens with zero attached hydrogens (tertiary/aromatic N) is 1. The molecule has 4 nitrogen and oxygen atoms in total. The van der Waals surface area contributed by atoms with Gasteiger partial charge >= 0.3 is 5.97 Å². The van der Waals surface area contributed by atoms with E-state index in [2.05, 4.69) is 25.7 Å². The Hall–Kier alpha value is -0.610. The first kappa shape index (κ1) is 36.4. The minimum Gasteiger partial charge on any atom is -0.465 e. The van der Waals surface area contributed by atoms with Crippen molar-refractivity contribution in [2.75, 3.05) is 32.8 Å². The Morgan fingerprint density at radius 1 is 0.568 bits per heavy atom. The van der Waals surface area contributed by atoms with Gasteiger partial charge in [0.05, 0.1) is 12.5 Å². The summed E-state index contributed by atoms with van der Waals surface area (Å²) in [6.07, 6.45) is 27.8. The molecule has 0 aromatic rings. The van der Waals surface area contributed by atoms with Crippen molar-refractivity contribution in [3.05, 3.63) is 0 Å². The molecule has 0 bridgehead atoms. The summed E-state index contributed by atoms with van der Waals surface area (Å²) in [7, 11) is 0. The number of rotatable bonds is 30. The zero-order chi connectivity index (χ0) is 27.2. The molecule has 0 spiro atoms. The predicted octanol–water partition coefficient (Wildman–Crippen LogP) is 9.47. The van der Waals surface area contributed by atoms with Crippen LogP contribution in [0.25, 0.3) is 0 Å². The molecule has 0 aromatic heterocycles. The first-order valence-electron chi connectivity index (χ1n) is 16.7. The normalized spacial score (nSPS) is 12.4. The number of hydrogen-bond acceptors (Lipinski definition) is 4. The van der Waals surface area contributed by atoms with Gasteiger partial charge in [-0.05, 0) is 64.6 Å². The minimum absolute atomic E-state index is 0.0785. The third-order valence-corrected chi connectivity index (χ3v) is 7.72. The molecule has 0 aliphatic carbocycles. The second-order valence-corrected chi connectivity index (χ2v) is 11.4. The molecular weight excluding hydrogens is 458 g/mol. The largest absolute Gasteiger partial charge is 0.465 e. The Bertz CT molecular complexity index is 457. The molecule has 1 atom stereocenters. The van der Waals surface area contributed by atoms with Crippen LogP contribution in [-0.2, 0) is 9.53 Å². The molecule has 0 aliphatic rings. The highest BCUT2D eigenvalue weighted by atomic mass is 16.5. The first-order chi connectivity index (χ1) is 18.2. The molecule has 37 heavy (non-hydrogen) atoms. The zero-order valence-electron chi connectivity index (χ0n) is 25.6. The zero-order valence-corrected chi connectivity index (χ0v) is 25.6. The van der Waals surface area contributed by atoms with E-state index in [1.165, 1.54) is 129 Å². The van der Waals surface area contributed by atoms with Gasteiger partial charge in [0.15, 0.2) is 0 Å². The SMILES string of the molecule is CCCCCCCCC(CCCCCC)C(=O)OCCCCCCN(CCCC)CCCCCCCO. The van der Waals surface area contributed by atoms with Crippen LogP contribution < -0.4 is 0 Å². The second kappa shape index (κ2) is 29.9. The number of aliphatic hydroxyl groups excluding tert-OH is 1. The summed E-state index contributed by atoms with van der Waals surface area (Å²) in [5.41, 5.74) is 0. The Kier molecular flexibility index (Phi) is 29.4. The summed E-state index contributed by atoms with van der Waals surface area (Å²) >= 11 is 0. The van der Waals surface area contributed by atoms with Gasteiger partial charge in [0.2, 0.25) is 0 Å². The van der Waals surface area contributed by atoms with Crippen LogP contribution in [0.3, 0.4) is 0 Å². The van der Waals surface area contributed by atoms with Crippen LogP contribution in [0.2, 0.25) is 0 Å². The van der Waals surface area contributed by atoms with Crippen molar-refractivity contribution in [3.63, 3.8) is 0 Å². The van der Waals surface area contributed by atoms with E-state index < -0.39 is 0 Å². The van der Waals surface area contributed by atoms with Gasteiger partial charge in [-0.25, -0.2) is 0 Å². The maximum Gasteiger partial charge on any atom is 0.308 e. The number of carbonyl (C=O) groups excluding carboxylic acids is 1. The summed E-state index contributed by atoms with van der Waals surface area (Å²) in [5, 5.41) is 8.91. The Labute approximate surface area is 232 Å². The Morgan fingerprint density at radius 3 is 1.57 bits per heavy atom. The van der Waals surface area contributed by atoms with Gasteiger partial charge in [0.1, 0.15) is 0 Å². The summed E-state index contributed by atoms with van der Waals surface area (Å²) in [6, 6.07) is 0. The quantitative estimate of drug-likeness (QED) is 0.0749. The molecule has 0 heterocycles. The maximum absolute atomic E-state index is 12.8. The van der Waals surface area contributed by atoms with Crippen molar-refractivity contribution in [2.24, 2.45) is 5.92 Å². The number of aliphatic hydroxyl groups is 1. The van der Waals surface area contributed by atoms with Gasteiger partial charge in [0, 0.05) is 6.61 Å². The van der Waals surface area contributed by atoms with Crippen LogP contribution in [0.4, 0.5) is 0 Å². The third-order valence-electron chi connectivity index (χ3n) is 7.72. The second-order valence-electron chi connectivity index (χ2n) is 11.4. The number of carbonyl (C=O) groups is 1. The fourth-order valence-electron chi connectivity index (χ4n) is 5.14. The van der Waals surface area contributed by atoms with Crippen LogP contribution in [0.5, 0.6) is 0 Å². The molecule has 222 valence electrons. The minimum atomic E-state index is 0.0785. The Morgan fingerprint density at radius 2 is 1.00 bits per heavy atom. The lowest BCUT2D eigenvalue weighted by Crippen LogP contribution is -2.27. The predicted molar refractivity (Wildman–Crippen MR) is 161 cm³/mol. The molecule has 0 radical (unpaired) electrons. The van der Waals surface area contributed by atoms with E-state index in [0.29, 0.717) is 13.2 Å². The Balaban J connectivity index is 4.08. The van der Waals surface area contributed by atoms with Crippen LogP contribution in [0.1, 0.15) is 168 Å². The molecule has 4 heteroatoms. The van der Waals surface area contributed by atoms with Crippen molar-refractivity contribution in [3.8, 4) is 0 Å². The van der Waals surface area contributed by atoms with Gasteiger partial charge in [-0.15, -0.1) is 0 Å². The standard InChI is InChI=1S/C33H67NO3/c1-4-7-10-12-14-20-26-32(25-19-11-8-5-2)33(36)37-31-24-18-16-22-29-34(27-9-6-3)28-21-15-13-17-23-30-35/h32,35H,4-31H2,1-3H3. The van der Waals surface area contributed by atoms with Crippen molar-refractivity contribution in [1.82, 2.24) is 4.90 Å². The maximum atomic E-state index is 12.8. The summed E-state index contributed by atoms with van der Waals surface area (Å²) in [5.74, 6) is 0.202. The third kappa shape index (κ3) is 25.4. The van der Waals surface area contributed by atoms with Gasteiger partial charge in [0.25, 0.3) is 0 Å². The van der Waals surface area contributed by atoms with E-state index in [9.17, 15) is 4.79 Å². The molecule has 0 saturated carbocycles. The van der Waals surface area contributed by atoms with Gasteiger partial charge in [-0.2, -0.15) is 0 Å². The lowest BCUT2D eigenvalue weighted by atomic mass is 9.94. The molecule has 0 saturated heterocycles. The van der Waals surface area contributed by atoms with Crippen LogP contribution in [0, 0.1) is 5.92 Å². The van der Waals surface area contributed by atoms with E-state index in [1.54, 1.807) is 0 Å². The van der Waals surface area contributed by atoms with Crippen molar-refractivity contribution in [2.45, 2.75) is 168 Å². The highest BCUT2D eigenvalue weighted by molar-refractivity contribution is 5.72. The molecule has 1 unspecified atom stereocenters. The smallest absolute Gasteiger partial charge is 0.308 e. The van der Waals surface area contributed by atoms with E-state index in [0.717, 1.165) is 38.5 Å². The van der Waals surface area contributed by atoms with Gasteiger partial charge in [-0.3, -0.25) is 4.79 Å². The number of esters is 1. The molecule has 0 aliphatic heterocycles. The van der Waals surface area contributed by atoms with Gasteiger partial charge in [-0.1, -0.05) is 124 Å². The lowest BCUT2D eigenvalue weighted by molar-refractivity contribution is -0.149. The molecule has 0 fully saturated rings. The summed E-state index contributed by atoms with van der Waals surface area (Å²) in [6.45, 7) is 11.4. The fourth-order valence-corrected chi connectivity index (χ4v) is 5.14. The van der Waals surface area contributed by atoms with E-state index in [4.69, 9.17) is 9.84 Å². The van der Waals surface area contributed by atoms with Crippen LogP contribution >= 0.6 is 0 Å². The molecule has 0 rings (SSSR count). The van der Waals surface area contributed by atoms with Crippen LogP contribution in [-0.4, -0.2) is 48.8 Å². The molecule has 0 amide bonds. The topological polar surface area (TPSA) is 49.8 Å². The molecule has 0 aromatic carbocycles. The highest BCUT2D eigenvalue weighted by Crippen LogP contribution is 2.20. The summed E-state index contributed by atoms with van der Waals surface area (Å²) in [4.78, 5) is 15.4. The fraction of sp³-hybridized carbons (Fsp3) is 0.970. The van der Waals surface area contributed by atoms with Crippen molar-refractivity contribution >= 4 is 5.97 Å². The van der Waals surface area contributed by atoms with E-state index in [-0.39, 0.29) is 11.9 Å². The monoisotopic (exact) mass is 526 g/mol. The number of unbranched alkanes of at least 4 members (excludes halogenated alkanes) is 16. The van der Waals surface area contributed by atoms with E-state index in [1.807, 2.05) is 0 Å². The van der Waals surface area contributed by atoms with Crippen LogP contribution in [0.15, 0.2) is 0 Å². The lowest BCUT2D eigenvalue weighted by Gasteiger charge is -2.22. The molecule has 1 N–H and O–H groups in total. The van der Waals surface area contributed by atoms with Crippen molar-refractivity contribution < 1.29 is 14.6 Å². The van der Waals surface area contributed by atoms with Gasteiger partial charge < -0.3 is 14.7 Å². The molecular formula is C33H67NO3. The number of ether oxygens (including phenoxy) is 1. The highest BCUT2D eigenvalue weighted by Gasteiger charge is 2.19. The summed E-state index contributed by atoms with van der Waals surface area (Å²) < 4.78 is 5.77. The van der Waals surface area contributed by atoms with Crippen molar-refractivity contribution in [1.29, 1.82) is 0 Å². The van der Waals surface area contributed by atoms with E-state index >= 15 is 0 Å².